The van der Waals surface area contributed by atoms with Gasteiger partial charge >= 0.3 is 0 Å². The SMILES string of the molecule is Cc1c(C)c(C)c([C@@H](N)C2CCOCC2)c(C)c1C.Cl. The number of benzene rings is 1. The predicted molar refractivity (Wildman–Crippen MR) is 87.8 cm³/mol. The van der Waals surface area contributed by atoms with Crippen LogP contribution in [0.4, 0.5) is 0 Å². The molecule has 1 heterocycles. The Labute approximate surface area is 129 Å². The first-order chi connectivity index (χ1) is 8.95. The lowest BCUT2D eigenvalue weighted by Gasteiger charge is -2.31. The van der Waals surface area contributed by atoms with Gasteiger partial charge in [0.25, 0.3) is 0 Å². The quantitative estimate of drug-likeness (QED) is 0.893. The van der Waals surface area contributed by atoms with Crippen LogP contribution in [0.15, 0.2) is 0 Å². The second-order valence-corrected chi connectivity index (χ2v) is 6.01. The first-order valence-electron chi connectivity index (χ1n) is 7.35. The average molecular weight is 298 g/mol. The van der Waals surface area contributed by atoms with E-state index in [1.807, 2.05) is 0 Å². The molecule has 2 rings (SSSR count). The Balaban J connectivity index is 0.00000200. The topological polar surface area (TPSA) is 35.2 Å². The molecule has 114 valence electrons. The van der Waals surface area contributed by atoms with Crippen molar-refractivity contribution in [2.24, 2.45) is 11.7 Å². The lowest BCUT2D eigenvalue weighted by Crippen LogP contribution is -2.29. The molecule has 0 radical (unpaired) electrons. The van der Waals surface area contributed by atoms with Crippen LogP contribution in [0.2, 0.25) is 0 Å². The molecule has 0 unspecified atom stereocenters. The number of hydrogen-bond donors (Lipinski definition) is 1. The van der Waals surface area contributed by atoms with Crippen molar-refractivity contribution in [2.75, 3.05) is 13.2 Å². The Bertz CT molecular complexity index is 449. The van der Waals surface area contributed by atoms with Crippen molar-refractivity contribution >= 4 is 12.4 Å². The van der Waals surface area contributed by atoms with Gasteiger partial charge in [0.2, 0.25) is 0 Å². The highest BCUT2D eigenvalue weighted by molar-refractivity contribution is 5.85. The lowest BCUT2D eigenvalue weighted by molar-refractivity contribution is 0.0582. The van der Waals surface area contributed by atoms with Crippen molar-refractivity contribution in [1.29, 1.82) is 0 Å². The summed E-state index contributed by atoms with van der Waals surface area (Å²) in [7, 11) is 0. The fraction of sp³-hybridized carbons (Fsp3) is 0.647. The van der Waals surface area contributed by atoms with Gasteiger partial charge in [-0.15, -0.1) is 12.4 Å². The Morgan fingerprint density at radius 2 is 1.25 bits per heavy atom. The van der Waals surface area contributed by atoms with Gasteiger partial charge in [0.15, 0.2) is 0 Å². The molecule has 0 spiro atoms. The minimum atomic E-state index is 0. The van der Waals surface area contributed by atoms with E-state index in [1.165, 1.54) is 33.4 Å². The summed E-state index contributed by atoms with van der Waals surface area (Å²) in [6, 6.07) is 0.155. The van der Waals surface area contributed by atoms with E-state index in [0.29, 0.717) is 5.92 Å². The molecule has 1 fully saturated rings. The minimum Gasteiger partial charge on any atom is -0.381 e. The van der Waals surface area contributed by atoms with E-state index in [4.69, 9.17) is 10.5 Å². The maximum absolute atomic E-state index is 6.60. The van der Waals surface area contributed by atoms with Crippen LogP contribution in [0.3, 0.4) is 0 Å². The first kappa shape index (κ1) is 17.5. The third kappa shape index (κ3) is 3.03. The minimum absolute atomic E-state index is 0. The highest BCUT2D eigenvalue weighted by atomic mass is 35.5. The van der Waals surface area contributed by atoms with Crippen molar-refractivity contribution in [3.05, 3.63) is 33.4 Å². The molecule has 0 saturated carbocycles. The number of rotatable bonds is 2. The van der Waals surface area contributed by atoms with Crippen LogP contribution in [0.25, 0.3) is 0 Å². The number of hydrogen-bond acceptors (Lipinski definition) is 2. The Morgan fingerprint density at radius 3 is 1.70 bits per heavy atom. The van der Waals surface area contributed by atoms with Gasteiger partial charge in [-0.05, 0) is 86.8 Å². The Hall–Kier alpha value is -0.570. The maximum atomic E-state index is 6.60. The molecule has 20 heavy (non-hydrogen) atoms. The van der Waals surface area contributed by atoms with Crippen LogP contribution in [0.1, 0.15) is 52.3 Å². The first-order valence-corrected chi connectivity index (χ1v) is 7.35. The average Bonchev–Trinajstić information content (AvgIpc) is 2.44. The second kappa shape index (κ2) is 6.93. The van der Waals surface area contributed by atoms with Gasteiger partial charge in [0.05, 0.1) is 0 Å². The summed E-state index contributed by atoms with van der Waals surface area (Å²) in [5.41, 5.74) is 15.0. The zero-order valence-electron chi connectivity index (χ0n) is 13.4. The second-order valence-electron chi connectivity index (χ2n) is 6.01. The van der Waals surface area contributed by atoms with Gasteiger partial charge < -0.3 is 10.5 Å². The molecule has 0 bridgehead atoms. The standard InChI is InChI=1S/C17H27NO.ClH/c1-10-11(2)13(4)16(14(5)12(10)3)17(18)15-6-8-19-9-7-15;/h15,17H,6-9,18H2,1-5H3;1H/t17-;/m0./s1. The predicted octanol–water partition coefficient (Wildman–Crippen LogP) is 4.08. The van der Waals surface area contributed by atoms with Crippen LogP contribution in [0.5, 0.6) is 0 Å². The molecule has 0 aliphatic carbocycles. The summed E-state index contributed by atoms with van der Waals surface area (Å²) in [5.74, 6) is 0.563. The summed E-state index contributed by atoms with van der Waals surface area (Å²) < 4.78 is 5.46. The van der Waals surface area contributed by atoms with E-state index >= 15 is 0 Å². The Morgan fingerprint density at radius 1 is 0.850 bits per heavy atom. The molecule has 2 N–H and O–H groups in total. The zero-order valence-corrected chi connectivity index (χ0v) is 14.2. The lowest BCUT2D eigenvalue weighted by atomic mass is 9.80. The smallest absolute Gasteiger partial charge is 0.0469 e. The van der Waals surface area contributed by atoms with Crippen LogP contribution in [0, 0.1) is 40.5 Å². The van der Waals surface area contributed by atoms with Crippen molar-refractivity contribution in [3.8, 4) is 0 Å². The largest absolute Gasteiger partial charge is 0.381 e. The molecule has 3 heteroatoms. The van der Waals surface area contributed by atoms with Gasteiger partial charge in [0, 0.05) is 19.3 Å². The normalized spacial score (nSPS) is 17.7. The van der Waals surface area contributed by atoms with E-state index < -0.39 is 0 Å². The zero-order chi connectivity index (χ0) is 14.2. The van der Waals surface area contributed by atoms with Gasteiger partial charge in [0.1, 0.15) is 0 Å². The van der Waals surface area contributed by atoms with E-state index in [-0.39, 0.29) is 18.4 Å². The number of nitrogens with two attached hydrogens (primary N) is 1. The summed E-state index contributed by atoms with van der Waals surface area (Å²) in [6.07, 6.45) is 2.18. The molecule has 1 saturated heterocycles. The van der Waals surface area contributed by atoms with Crippen molar-refractivity contribution in [2.45, 2.75) is 53.5 Å². The van der Waals surface area contributed by atoms with Gasteiger partial charge in [-0.25, -0.2) is 0 Å². The van der Waals surface area contributed by atoms with Crippen LogP contribution >= 0.6 is 12.4 Å². The van der Waals surface area contributed by atoms with E-state index in [0.717, 1.165) is 26.1 Å². The summed E-state index contributed by atoms with van der Waals surface area (Å²) in [6.45, 7) is 12.8. The molecule has 2 nitrogen and oxygen atoms in total. The number of ether oxygens (including phenoxy) is 1. The molecule has 1 aliphatic rings. The molecule has 1 aromatic carbocycles. The highest BCUT2D eigenvalue weighted by Crippen LogP contribution is 2.35. The van der Waals surface area contributed by atoms with Crippen LogP contribution in [-0.2, 0) is 4.74 Å². The molecule has 1 atom stereocenters. The number of halogens is 1. The third-order valence-electron chi connectivity index (χ3n) is 5.17. The summed E-state index contributed by atoms with van der Waals surface area (Å²) in [4.78, 5) is 0. The molecule has 1 aromatic rings. The molecule has 0 amide bonds. The van der Waals surface area contributed by atoms with E-state index in [2.05, 4.69) is 34.6 Å². The molecular formula is C17H28ClNO. The maximum Gasteiger partial charge on any atom is 0.0469 e. The fourth-order valence-corrected chi connectivity index (χ4v) is 3.34. The van der Waals surface area contributed by atoms with Gasteiger partial charge in [-0.1, -0.05) is 0 Å². The molecule has 0 aromatic heterocycles. The third-order valence-corrected chi connectivity index (χ3v) is 5.17. The fourth-order valence-electron chi connectivity index (χ4n) is 3.34. The molecule has 1 aliphatic heterocycles. The van der Waals surface area contributed by atoms with Crippen molar-refractivity contribution < 1.29 is 4.74 Å². The monoisotopic (exact) mass is 297 g/mol. The summed E-state index contributed by atoms with van der Waals surface area (Å²) in [5, 5.41) is 0. The van der Waals surface area contributed by atoms with Gasteiger partial charge in [-0.2, -0.15) is 0 Å². The molecular weight excluding hydrogens is 270 g/mol. The summed E-state index contributed by atoms with van der Waals surface area (Å²) >= 11 is 0. The Kier molecular flexibility index (Phi) is 6.06. The van der Waals surface area contributed by atoms with Crippen molar-refractivity contribution in [1.82, 2.24) is 0 Å². The highest BCUT2D eigenvalue weighted by Gasteiger charge is 2.26. The van der Waals surface area contributed by atoms with Gasteiger partial charge in [-0.3, -0.25) is 0 Å². The van der Waals surface area contributed by atoms with E-state index in [1.54, 1.807) is 0 Å². The van der Waals surface area contributed by atoms with Crippen molar-refractivity contribution in [3.63, 3.8) is 0 Å². The van der Waals surface area contributed by atoms with Crippen LogP contribution in [-0.4, -0.2) is 13.2 Å². The van der Waals surface area contributed by atoms with E-state index in [9.17, 15) is 0 Å². The van der Waals surface area contributed by atoms with Crippen LogP contribution < -0.4 is 5.73 Å².